The first kappa shape index (κ1) is 16.6. The molecule has 2 heterocycles. The van der Waals surface area contributed by atoms with Crippen LogP contribution in [0.3, 0.4) is 0 Å². The molecule has 0 aliphatic carbocycles. The van der Waals surface area contributed by atoms with Gasteiger partial charge in [-0.05, 0) is 56.1 Å². The van der Waals surface area contributed by atoms with Crippen LogP contribution >= 0.6 is 0 Å². The van der Waals surface area contributed by atoms with Crippen molar-refractivity contribution in [3.8, 4) is 5.75 Å². The molecule has 1 aliphatic heterocycles. The quantitative estimate of drug-likeness (QED) is 0.882. The maximum atomic E-state index is 12.9. The Morgan fingerprint density at radius 3 is 2.67 bits per heavy atom. The van der Waals surface area contributed by atoms with Crippen molar-refractivity contribution < 1.29 is 9.13 Å². The van der Waals surface area contributed by atoms with Gasteiger partial charge in [-0.15, -0.1) is 0 Å². The second kappa shape index (κ2) is 8.06. The van der Waals surface area contributed by atoms with Gasteiger partial charge in [0.1, 0.15) is 11.6 Å². The van der Waals surface area contributed by atoms with E-state index in [1.54, 1.807) is 18.3 Å². The third-order valence-electron chi connectivity index (χ3n) is 4.41. The van der Waals surface area contributed by atoms with Crippen LogP contribution in [-0.4, -0.2) is 41.1 Å². The fraction of sp³-hybridized carbons (Fsp3) is 0.444. The number of rotatable bonds is 6. The lowest BCUT2D eigenvalue weighted by atomic mass is 9.97. The molecule has 1 aromatic carbocycles. The Morgan fingerprint density at radius 2 is 1.96 bits per heavy atom. The Kier molecular flexibility index (Phi) is 5.59. The van der Waals surface area contributed by atoms with Gasteiger partial charge in [0.2, 0.25) is 0 Å². The normalized spacial score (nSPS) is 16.2. The Hall–Kier alpha value is -2.21. The number of aromatic nitrogens is 2. The van der Waals surface area contributed by atoms with Gasteiger partial charge in [-0.3, -0.25) is 9.78 Å². The zero-order chi connectivity index (χ0) is 16.8. The SMILES string of the molecule is O=c1cncc(CCN2CCC(COc3ccc(F)cc3)CC2)[nH]1. The molecule has 5 nitrogen and oxygen atoms in total. The van der Waals surface area contributed by atoms with E-state index in [0.29, 0.717) is 12.5 Å². The number of ether oxygens (including phenoxy) is 1. The van der Waals surface area contributed by atoms with E-state index in [4.69, 9.17) is 4.74 Å². The second-order valence-electron chi connectivity index (χ2n) is 6.22. The van der Waals surface area contributed by atoms with E-state index in [-0.39, 0.29) is 11.4 Å². The minimum Gasteiger partial charge on any atom is -0.493 e. The molecule has 0 bridgehead atoms. The van der Waals surface area contributed by atoms with E-state index in [2.05, 4.69) is 14.9 Å². The van der Waals surface area contributed by atoms with Crippen LogP contribution in [0.2, 0.25) is 0 Å². The van der Waals surface area contributed by atoms with Gasteiger partial charge < -0.3 is 14.6 Å². The van der Waals surface area contributed by atoms with Crippen LogP contribution in [0.25, 0.3) is 0 Å². The predicted octanol–water partition coefficient (Wildman–Crippen LogP) is 2.24. The number of hydrogen-bond acceptors (Lipinski definition) is 4. The summed E-state index contributed by atoms with van der Waals surface area (Å²) in [5, 5.41) is 0. The highest BCUT2D eigenvalue weighted by molar-refractivity contribution is 5.22. The van der Waals surface area contributed by atoms with Gasteiger partial charge in [0.05, 0.1) is 12.8 Å². The molecule has 128 valence electrons. The molecule has 0 amide bonds. The highest BCUT2D eigenvalue weighted by Crippen LogP contribution is 2.19. The lowest BCUT2D eigenvalue weighted by Gasteiger charge is -2.31. The summed E-state index contributed by atoms with van der Waals surface area (Å²) in [5.74, 6) is 1.01. The molecular formula is C18H22FN3O2. The van der Waals surface area contributed by atoms with E-state index in [1.807, 2.05) is 0 Å². The van der Waals surface area contributed by atoms with Crippen LogP contribution in [-0.2, 0) is 6.42 Å². The third-order valence-corrected chi connectivity index (χ3v) is 4.41. The molecule has 1 aromatic heterocycles. The van der Waals surface area contributed by atoms with E-state index in [9.17, 15) is 9.18 Å². The van der Waals surface area contributed by atoms with E-state index in [1.165, 1.54) is 18.3 Å². The monoisotopic (exact) mass is 331 g/mol. The van der Waals surface area contributed by atoms with Crippen LogP contribution in [0.1, 0.15) is 18.5 Å². The maximum Gasteiger partial charge on any atom is 0.266 e. The van der Waals surface area contributed by atoms with Crippen molar-refractivity contribution >= 4 is 0 Å². The van der Waals surface area contributed by atoms with Crippen molar-refractivity contribution in [1.82, 2.24) is 14.9 Å². The van der Waals surface area contributed by atoms with Crippen molar-refractivity contribution in [3.63, 3.8) is 0 Å². The fourth-order valence-corrected chi connectivity index (χ4v) is 2.94. The van der Waals surface area contributed by atoms with Crippen molar-refractivity contribution in [1.29, 1.82) is 0 Å². The summed E-state index contributed by atoms with van der Waals surface area (Å²) < 4.78 is 18.6. The van der Waals surface area contributed by atoms with Crippen molar-refractivity contribution in [2.45, 2.75) is 19.3 Å². The molecular weight excluding hydrogens is 309 g/mol. The minimum atomic E-state index is -0.245. The lowest BCUT2D eigenvalue weighted by Crippen LogP contribution is -2.37. The average molecular weight is 331 g/mol. The van der Waals surface area contributed by atoms with E-state index >= 15 is 0 Å². The third kappa shape index (κ3) is 4.89. The summed E-state index contributed by atoms with van der Waals surface area (Å²) >= 11 is 0. The number of halogens is 1. The number of hydrogen-bond donors (Lipinski definition) is 1. The summed E-state index contributed by atoms with van der Waals surface area (Å²) in [5.41, 5.74) is 0.730. The zero-order valence-electron chi connectivity index (χ0n) is 13.6. The molecule has 0 radical (unpaired) electrons. The van der Waals surface area contributed by atoms with Gasteiger partial charge in [0.25, 0.3) is 5.56 Å². The fourth-order valence-electron chi connectivity index (χ4n) is 2.94. The molecule has 6 heteroatoms. The Bertz CT molecular complexity index is 694. The maximum absolute atomic E-state index is 12.9. The summed E-state index contributed by atoms with van der Waals surface area (Å²) in [6, 6.07) is 6.17. The van der Waals surface area contributed by atoms with Gasteiger partial charge in [-0.25, -0.2) is 4.39 Å². The Morgan fingerprint density at radius 1 is 1.21 bits per heavy atom. The number of benzene rings is 1. The number of piperidine rings is 1. The standard InChI is InChI=1S/C18H22FN3O2/c19-15-1-3-17(4-2-15)24-13-14-5-8-22(9-6-14)10-7-16-11-20-12-18(23)21-16/h1-4,11-12,14H,5-10,13H2,(H,21,23). The highest BCUT2D eigenvalue weighted by Gasteiger charge is 2.19. The van der Waals surface area contributed by atoms with Gasteiger partial charge in [0.15, 0.2) is 0 Å². The second-order valence-corrected chi connectivity index (χ2v) is 6.22. The molecule has 1 saturated heterocycles. The molecule has 1 aliphatic rings. The Labute approximate surface area is 140 Å². The molecule has 0 spiro atoms. The van der Waals surface area contributed by atoms with Crippen molar-refractivity contribution in [2.24, 2.45) is 5.92 Å². The van der Waals surface area contributed by atoms with Gasteiger partial charge in [-0.2, -0.15) is 0 Å². The summed E-state index contributed by atoms with van der Waals surface area (Å²) in [4.78, 5) is 20.4. The van der Waals surface area contributed by atoms with Crippen LogP contribution < -0.4 is 10.3 Å². The number of nitrogens with one attached hydrogen (secondary N) is 1. The van der Waals surface area contributed by atoms with E-state index < -0.39 is 0 Å². The average Bonchev–Trinajstić information content (AvgIpc) is 2.60. The highest BCUT2D eigenvalue weighted by atomic mass is 19.1. The van der Waals surface area contributed by atoms with Gasteiger partial charge in [0, 0.05) is 24.9 Å². The molecule has 0 atom stereocenters. The predicted molar refractivity (Wildman–Crippen MR) is 89.6 cm³/mol. The molecule has 0 unspecified atom stereocenters. The summed E-state index contributed by atoms with van der Waals surface area (Å²) in [6.45, 7) is 3.66. The number of H-pyrrole nitrogens is 1. The van der Waals surface area contributed by atoms with Gasteiger partial charge >= 0.3 is 0 Å². The molecule has 0 saturated carbocycles. The topological polar surface area (TPSA) is 58.2 Å². The smallest absolute Gasteiger partial charge is 0.266 e. The first-order chi connectivity index (χ1) is 11.7. The van der Waals surface area contributed by atoms with Crippen LogP contribution in [0.15, 0.2) is 41.5 Å². The number of likely N-dealkylation sites (tertiary alicyclic amines) is 1. The van der Waals surface area contributed by atoms with E-state index in [0.717, 1.165) is 50.3 Å². The molecule has 24 heavy (non-hydrogen) atoms. The molecule has 3 rings (SSSR count). The van der Waals surface area contributed by atoms with Crippen LogP contribution in [0, 0.1) is 11.7 Å². The van der Waals surface area contributed by atoms with Crippen molar-refractivity contribution in [2.75, 3.05) is 26.2 Å². The minimum absolute atomic E-state index is 0.149. The van der Waals surface area contributed by atoms with Crippen LogP contribution in [0.4, 0.5) is 4.39 Å². The summed E-state index contributed by atoms with van der Waals surface area (Å²) in [7, 11) is 0. The van der Waals surface area contributed by atoms with Gasteiger partial charge in [-0.1, -0.05) is 0 Å². The molecule has 1 fully saturated rings. The lowest BCUT2D eigenvalue weighted by molar-refractivity contribution is 0.142. The van der Waals surface area contributed by atoms with Crippen molar-refractivity contribution in [3.05, 3.63) is 58.5 Å². The molecule has 2 aromatic rings. The first-order valence-corrected chi connectivity index (χ1v) is 8.33. The number of aromatic amines is 1. The molecule has 1 N–H and O–H groups in total. The first-order valence-electron chi connectivity index (χ1n) is 8.33. The zero-order valence-corrected chi connectivity index (χ0v) is 13.6. The number of nitrogens with zero attached hydrogens (tertiary/aromatic N) is 2. The summed E-state index contributed by atoms with van der Waals surface area (Å²) in [6.07, 6.45) is 5.98. The largest absolute Gasteiger partial charge is 0.493 e. The van der Waals surface area contributed by atoms with Crippen LogP contribution in [0.5, 0.6) is 5.75 Å². The Balaban J connectivity index is 1.37.